The van der Waals surface area contributed by atoms with Gasteiger partial charge in [-0.15, -0.1) is 0 Å². The molecule has 0 spiro atoms. The van der Waals surface area contributed by atoms with Gasteiger partial charge in [-0.25, -0.2) is 0 Å². The van der Waals surface area contributed by atoms with E-state index in [9.17, 15) is 5.11 Å². The van der Waals surface area contributed by atoms with Gasteiger partial charge in [-0.2, -0.15) is 0 Å². The van der Waals surface area contributed by atoms with Crippen LogP contribution in [0.1, 0.15) is 26.7 Å². The van der Waals surface area contributed by atoms with Crippen LogP contribution in [0.15, 0.2) is 0 Å². The minimum atomic E-state index is -0.183. The summed E-state index contributed by atoms with van der Waals surface area (Å²) in [6.07, 6.45) is 2.01. The summed E-state index contributed by atoms with van der Waals surface area (Å²) in [7, 11) is 0. The van der Waals surface area contributed by atoms with Gasteiger partial charge in [0.05, 0.1) is 6.10 Å². The smallest absolute Gasteiger partial charge is 0.0631 e. The predicted molar refractivity (Wildman–Crippen MR) is 41.6 cm³/mol. The molecule has 1 aliphatic rings. The maximum atomic E-state index is 9.64. The van der Waals surface area contributed by atoms with Gasteiger partial charge in [-0.3, -0.25) is 0 Å². The van der Waals surface area contributed by atoms with E-state index in [1.807, 2.05) is 0 Å². The number of nitrogens with two attached hydrogens (primary N) is 1. The second-order valence-corrected chi connectivity index (χ2v) is 3.97. The fourth-order valence-electron chi connectivity index (χ4n) is 1.75. The van der Waals surface area contributed by atoms with Gasteiger partial charge in [-0.05, 0) is 30.7 Å². The largest absolute Gasteiger partial charge is 0.392 e. The minimum Gasteiger partial charge on any atom is -0.392 e. The molecule has 0 amide bonds. The lowest BCUT2D eigenvalue weighted by atomic mass is 9.87. The summed E-state index contributed by atoms with van der Waals surface area (Å²) in [5.41, 5.74) is 5.59. The molecule has 0 aromatic rings. The molecule has 0 bridgehead atoms. The van der Waals surface area contributed by atoms with Gasteiger partial charge in [-0.1, -0.05) is 13.8 Å². The first-order chi connectivity index (χ1) is 4.58. The molecule has 10 heavy (non-hydrogen) atoms. The molecule has 60 valence electrons. The lowest BCUT2D eigenvalue weighted by Crippen LogP contribution is -2.31. The Labute approximate surface area is 62.4 Å². The number of aliphatic hydroxyl groups is 1. The van der Waals surface area contributed by atoms with E-state index < -0.39 is 0 Å². The van der Waals surface area contributed by atoms with E-state index in [2.05, 4.69) is 13.8 Å². The van der Waals surface area contributed by atoms with Crippen LogP contribution >= 0.6 is 0 Å². The average molecular weight is 143 g/mol. The van der Waals surface area contributed by atoms with E-state index in [0.717, 1.165) is 12.8 Å². The zero-order valence-electron chi connectivity index (χ0n) is 6.80. The van der Waals surface area contributed by atoms with Crippen LogP contribution in [-0.4, -0.2) is 17.8 Å². The van der Waals surface area contributed by atoms with Gasteiger partial charge >= 0.3 is 0 Å². The molecule has 2 nitrogen and oxygen atoms in total. The van der Waals surface area contributed by atoms with Gasteiger partial charge < -0.3 is 10.8 Å². The Bertz CT molecular complexity index is 122. The monoisotopic (exact) mass is 143 g/mol. The standard InChI is InChI=1S/C8H17NO/c1-8(2)4-3-6(5-9)7(8)10/h6-7,10H,3-5,9H2,1-2H3. The number of hydrogen-bond donors (Lipinski definition) is 2. The fourth-order valence-corrected chi connectivity index (χ4v) is 1.75. The van der Waals surface area contributed by atoms with E-state index in [0.29, 0.717) is 12.5 Å². The minimum absolute atomic E-state index is 0.101. The van der Waals surface area contributed by atoms with E-state index in [-0.39, 0.29) is 11.5 Å². The number of aliphatic hydroxyl groups excluding tert-OH is 1. The molecule has 0 heterocycles. The molecule has 0 radical (unpaired) electrons. The Morgan fingerprint density at radius 2 is 2.20 bits per heavy atom. The Morgan fingerprint density at radius 3 is 2.40 bits per heavy atom. The third-order valence-corrected chi connectivity index (χ3v) is 2.71. The van der Waals surface area contributed by atoms with Crippen LogP contribution in [-0.2, 0) is 0 Å². The second-order valence-electron chi connectivity index (χ2n) is 3.97. The highest BCUT2D eigenvalue weighted by Crippen LogP contribution is 2.40. The molecule has 2 atom stereocenters. The molecule has 0 saturated heterocycles. The van der Waals surface area contributed by atoms with Crippen LogP contribution < -0.4 is 5.73 Å². The summed E-state index contributed by atoms with van der Waals surface area (Å²) in [6, 6.07) is 0. The highest BCUT2D eigenvalue weighted by Gasteiger charge is 2.39. The van der Waals surface area contributed by atoms with Crippen molar-refractivity contribution in [1.29, 1.82) is 0 Å². The maximum Gasteiger partial charge on any atom is 0.0631 e. The molecule has 1 saturated carbocycles. The lowest BCUT2D eigenvalue weighted by molar-refractivity contribution is 0.0487. The molecule has 3 N–H and O–H groups in total. The van der Waals surface area contributed by atoms with Crippen molar-refractivity contribution in [2.45, 2.75) is 32.8 Å². The van der Waals surface area contributed by atoms with Crippen LogP contribution in [0.4, 0.5) is 0 Å². The second kappa shape index (κ2) is 2.51. The molecule has 1 rings (SSSR count). The van der Waals surface area contributed by atoms with Gasteiger partial charge in [0.1, 0.15) is 0 Å². The molecule has 1 fully saturated rings. The molecule has 0 aromatic heterocycles. The quantitative estimate of drug-likeness (QED) is 0.568. The van der Waals surface area contributed by atoms with Crippen LogP contribution in [0.25, 0.3) is 0 Å². The summed E-state index contributed by atoms with van der Waals surface area (Å²) in [5.74, 6) is 0.343. The van der Waals surface area contributed by atoms with Crippen molar-refractivity contribution >= 4 is 0 Å². The summed E-state index contributed by atoms with van der Waals surface area (Å²) in [6.45, 7) is 4.84. The molecule has 0 aliphatic heterocycles. The normalized spacial score (nSPS) is 38.4. The van der Waals surface area contributed by atoms with Crippen molar-refractivity contribution in [2.75, 3.05) is 6.54 Å². The van der Waals surface area contributed by atoms with Crippen molar-refractivity contribution in [3.05, 3.63) is 0 Å². The van der Waals surface area contributed by atoms with E-state index in [4.69, 9.17) is 5.73 Å². The third-order valence-electron chi connectivity index (χ3n) is 2.71. The number of hydrogen-bond acceptors (Lipinski definition) is 2. The van der Waals surface area contributed by atoms with E-state index in [1.54, 1.807) is 0 Å². The van der Waals surface area contributed by atoms with Crippen LogP contribution in [0.3, 0.4) is 0 Å². The highest BCUT2D eigenvalue weighted by atomic mass is 16.3. The van der Waals surface area contributed by atoms with Gasteiger partial charge in [0, 0.05) is 0 Å². The van der Waals surface area contributed by atoms with Crippen LogP contribution in [0, 0.1) is 11.3 Å². The van der Waals surface area contributed by atoms with Crippen molar-refractivity contribution in [3.8, 4) is 0 Å². The molecular weight excluding hydrogens is 126 g/mol. The summed E-state index contributed by atoms with van der Waals surface area (Å²) >= 11 is 0. The lowest BCUT2D eigenvalue weighted by Gasteiger charge is -2.24. The van der Waals surface area contributed by atoms with Crippen molar-refractivity contribution in [3.63, 3.8) is 0 Å². The van der Waals surface area contributed by atoms with Crippen LogP contribution in [0.2, 0.25) is 0 Å². The first-order valence-electron chi connectivity index (χ1n) is 3.96. The maximum absolute atomic E-state index is 9.64. The van der Waals surface area contributed by atoms with Crippen molar-refractivity contribution in [2.24, 2.45) is 17.1 Å². The molecular formula is C8H17NO. The fraction of sp³-hybridized carbons (Fsp3) is 1.00. The number of rotatable bonds is 1. The highest BCUT2D eigenvalue weighted by molar-refractivity contribution is 4.91. The Balaban J connectivity index is 2.58. The zero-order chi connectivity index (χ0) is 7.78. The molecule has 2 unspecified atom stereocenters. The summed E-state index contributed by atoms with van der Waals surface area (Å²) < 4.78 is 0. The predicted octanol–water partition coefficient (Wildman–Crippen LogP) is 0.742. The Hall–Kier alpha value is -0.0800. The first-order valence-corrected chi connectivity index (χ1v) is 3.96. The molecule has 2 heteroatoms. The van der Waals surface area contributed by atoms with Crippen LogP contribution in [0.5, 0.6) is 0 Å². The topological polar surface area (TPSA) is 46.2 Å². The van der Waals surface area contributed by atoms with E-state index in [1.165, 1.54) is 0 Å². The van der Waals surface area contributed by atoms with Gasteiger partial charge in [0.25, 0.3) is 0 Å². The first kappa shape index (κ1) is 8.02. The van der Waals surface area contributed by atoms with Crippen molar-refractivity contribution in [1.82, 2.24) is 0 Å². The Kier molecular flexibility index (Phi) is 2.02. The third kappa shape index (κ3) is 1.18. The molecule has 0 aromatic carbocycles. The summed E-state index contributed by atoms with van der Waals surface area (Å²) in [4.78, 5) is 0. The Morgan fingerprint density at radius 1 is 1.60 bits per heavy atom. The van der Waals surface area contributed by atoms with Gasteiger partial charge in [0.2, 0.25) is 0 Å². The van der Waals surface area contributed by atoms with Gasteiger partial charge in [0.15, 0.2) is 0 Å². The average Bonchev–Trinajstić information content (AvgIpc) is 2.10. The van der Waals surface area contributed by atoms with E-state index >= 15 is 0 Å². The SMILES string of the molecule is CC1(C)CCC(CN)C1O. The zero-order valence-corrected chi connectivity index (χ0v) is 6.80. The molecule has 1 aliphatic carbocycles. The summed E-state index contributed by atoms with van der Waals surface area (Å²) in [5, 5.41) is 9.64. The van der Waals surface area contributed by atoms with Crippen molar-refractivity contribution < 1.29 is 5.11 Å².